The van der Waals surface area contributed by atoms with E-state index >= 15 is 0 Å². The number of carbonyl (C=O) groups excluding carboxylic acids is 1. The zero-order valence-corrected chi connectivity index (χ0v) is 16.9. The van der Waals surface area contributed by atoms with Crippen LogP contribution in [0.3, 0.4) is 0 Å². The third-order valence-electron chi connectivity index (χ3n) is 4.43. The lowest BCUT2D eigenvalue weighted by Gasteiger charge is -2.25. The van der Waals surface area contributed by atoms with Crippen molar-refractivity contribution in [2.75, 3.05) is 26.3 Å². The molecular weight excluding hydrogens is 392 g/mol. The summed E-state index contributed by atoms with van der Waals surface area (Å²) in [5.74, 6) is 3.24. The van der Waals surface area contributed by atoms with Gasteiger partial charge in [0, 0.05) is 24.2 Å². The Kier molecular flexibility index (Phi) is 6.42. The Morgan fingerprint density at radius 2 is 1.97 bits per heavy atom. The molecule has 2 aromatic carbocycles. The Morgan fingerprint density at radius 3 is 2.72 bits per heavy atom. The predicted octanol–water partition coefficient (Wildman–Crippen LogP) is 2.03. The molecule has 0 bridgehead atoms. The van der Waals surface area contributed by atoms with E-state index in [1.54, 1.807) is 11.0 Å². The highest BCUT2D eigenvalue weighted by Gasteiger charge is 2.22. The first kappa shape index (κ1) is 20.7. The van der Waals surface area contributed by atoms with Crippen LogP contribution < -0.4 is 14.2 Å². The van der Waals surface area contributed by atoms with Gasteiger partial charge in [0.25, 0.3) is 5.91 Å². The van der Waals surface area contributed by atoms with Crippen LogP contribution in [0.4, 0.5) is 0 Å². The van der Waals surface area contributed by atoms with Crippen LogP contribution in [-0.4, -0.2) is 45.5 Å². The maximum atomic E-state index is 13.0. The molecule has 1 aliphatic rings. The number of ether oxygens (including phenoxy) is 2. The van der Waals surface area contributed by atoms with Gasteiger partial charge in [0.2, 0.25) is 10.0 Å². The van der Waals surface area contributed by atoms with Crippen LogP contribution in [0.25, 0.3) is 0 Å². The predicted molar refractivity (Wildman–Crippen MR) is 108 cm³/mol. The smallest absolute Gasteiger partial charge is 0.254 e. The van der Waals surface area contributed by atoms with Gasteiger partial charge in [-0.25, -0.2) is 8.42 Å². The first-order chi connectivity index (χ1) is 14.0. The number of rotatable bonds is 7. The van der Waals surface area contributed by atoms with Crippen LogP contribution in [0.2, 0.25) is 0 Å². The number of amides is 1. The second-order valence-electron chi connectivity index (χ2n) is 6.32. The minimum absolute atomic E-state index is 0.0107. The summed E-state index contributed by atoms with van der Waals surface area (Å²) in [7, 11) is -3.78. The monoisotopic (exact) mass is 414 g/mol. The number of para-hydroxylation sites is 1. The Labute approximate surface area is 170 Å². The van der Waals surface area contributed by atoms with Gasteiger partial charge in [0.1, 0.15) is 13.2 Å². The molecule has 0 aliphatic carbocycles. The Bertz CT molecular complexity index is 1040. The molecule has 1 amide bonds. The molecule has 1 aliphatic heterocycles. The number of benzene rings is 2. The molecule has 0 spiro atoms. The van der Waals surface area contributed by atoms with Crippen LogP contribution in [0, 0.1) is 12.3 Å². The first-order valence-electron chi connectivity index (χ1n) is 9.16. The van der Waals surface area contributed by atoms with Crippen molar-refractivity contribution in [2.24, 2.45) is 0 Å². The molecule has 0 radical (unpaired) electrons. The third kappa shape index (κ3) is 4.70. The van der Waals surface area contributed by atoms with Crippen molar-refractivity contribution >= 4 is 15.9 Å². The van der Waals surface area contributed by atoms with E-state index in [1.807, 2.05) is 25.1 Å². The molecule has 3 rings (SSSR count). The SMILES string of the molecule is C#CCNS(=O)(=O)c1cccc(C(=O)N(CC)Cc2cccc3c2OCCO3)c1. The van der Waals surface area contributed by atoms with Crippen LogP contribution in [-0.2, 0) is 16.6 Å². The Balaban J connectivity index is 1.84. The Hall–Kier alpha value is -3.02. The summed E-state index contributed by atoms with van der Waals surface area (Å²) < 4.78 is 38.2. The number of sulfonamides is 1. The van der Waals surface area contributed by atoms with Gasteiger partial charge in [0.05, 0.1) is 11.4 Å². The van der Waals surface area contributed by atoms with Crippen molar-refractivity contribution in [1.29, 1.82) is 0 Å². The van der Waals surface area contributed by atoms with Crippen LogP contribution in [0.15, 0.2) is 47.4 Å². The molecule has 0 fully saturated rings. The number of nitrogens with zero attached hydrogens (tertiary/aromatic N) is 1. The van der Waals surface area contributed by atoms with E-state index < -0.39 is 10.0 Å². The molecule has 1 heterocycles. The second-order valence-corrected chi connectivity index (χ2v) is 8.08. The molecule has 0 unspecified atom stereocenters. The van der Waals surface area contributed by atoms with E-state index in [4.69, 9.17) is 15.9 Å². The fourth-order valence-electron chi connectivity index (χ4n) is 2.99. The van der Waals surface area contributed by atoms with Gasteiger partial charge in [-0.05, 0) is 31.2 Å². The van der Waals surface area contributed by atoms with Gasteiger partial charge in [-0.2, -0.15) is 4.72 Å². The second kappa shape index (κ2) is 8.99. The topological polar surface area (TPSA) is 84.9 Å². The van der Waals surface area contributed by atoms with E-state index in [1.165, 1.54) is 18.2 Å². The molecular formula is C21H22N2O5S. The number of nitrogens with one attached hydrogen (secondary N) is 1. The Morgan fingerprint density at radius 1 is 1.21 bits per heavy atom. The minimum atomic E-state index is -3.78. The summed E-state index contributed by atoms with van der Waals surface area (Å²) in [4.78, 5) is 14.7. The molecule has 7 nitrogen and oxygen atoms in total. The molecule has 0 saturated heterocycles. The quantitative estimate of drug-likeness (QED) is 0.701. The van der Waals surface area contributed by atoms with E-state index in [0.717, 1.165) is 5.56 Å². The summed E-state index contributed by atoms with van der Waals surface area (Å²) in [6.45, 7) is 3.43. The largest absolute Gasteiger partial charge is 0.486 e. The first-order valence-corrected chi connectivity index (χ1v) is 10.6. The average molecular weight is 414 g/mol. The summed E-state index contributed by atoms with van der Waals surface area (Å²) in [6, 6.07) is 11.5. The van der Waals surface area contributed by atoms with Crippen molar-refractivity contribution in [3.8, 4) is 23.8 Å². The molecule has 0 saturated carbocycles. The lowest BCUT2D eigenvalue weighted by atomic mass is 10.1. The molecule has 0 aromatic heterocycles. The van der Waals surface area contributed by atoms with E-state index in [-0.39, 0.29) is 22.9 Å². The lowest BCUT2D eigenvalue weighted by Crippen LogP contribution is -2.31. The van der Waals surface area contributed by atoms with Gasteiger partial charge in [-0.15, -0.1) is 6.42 Å². The van der Waals surface area contributed by atoms with Gasteiger partial charge in [0.15, 0.2) is 11.5 Å². The van der Waals surface area contributed by atoms with Crippen molar-refractivity contribution in [3.05, 3.63) is 53.6 Å². The maximum absolute atomic E-state index is 13.0. The molecule has 29 heavy (non-hydrogen) atoms. The molecule has 8 heteroatoms. The zero-order chi connectivity index (χ0) is 20.9. The summed E-state index contributed by atoms with van der Waals surface area (Å²) >= 11 is 0. The normalized spacial score (nSPS) is 12.8. The van der Waals surface area contributed by atoms with Crippen molar-refractivity contribution in [1.82, 2.24) is 9.62 Å². The van der Waals surface area contributed by atoms with Crippen LogP contribution in [0.5, 0.6) is 11.5 Å². The van der Waals surface area contributed by atoms with E-state index in [2.05, 4.69) is 10.6 Å². The number of hydrogen-bond donors (Lipinski definition) is 1. The minimum Gasteiger partial charge on any atom is -0.486 e. The van der Waals surface area contributed by atoms with Gasteiger partial charge in [-0.3, -0.25) is 4.79 Å². The molecule has 152 valence electrons. The van der Waals surface area contributed by atoms with Crippen molar-refractivity contribution in [3.63, 3.8) is 0 Å². The van der Waals surface area contributed by atoms with Crippen molar-refractivity contribution < 1.29 is 22.7 Å². The van der Waals surface area contributed by atoms with E-state index in [0.29, 0.717) is 37.8 Å². The summed E-state index contributed by atoms with van der Waals surface area (Å²) in [6.07, 6.45) is 5.11. The lowest BCUT2D eigenvalue weighted by molar-refractivity contribution is 0.0749. The van der Waals surface area contributed by atoms with Crippen molar-refractivity contribution in [2.45, 2.75) is 18.4 Å². The van der Waals surface area contributed by atoms with Gasteiger partial charge >= 0.3 is 0 Å². The third-order valence-corrected chi connectivity index (χ3v) is 5.83. The summed E-state index contributed by atoms with van der Waals surface area (Å²) in [5, 5.41) is 0. The fourth-order valence-corrected chi connectivity index (χ4v) is 3.97. The molecule has 2 aromatic rings. The highest BCUT2D eigenvalue weighted by atomic mass is 32.2. The number of hydrogen-bond acceptors (Lipinski definition) is 5. The van der Waals surface area contributed by atoms with Gasteiger partial charge in [-0.1, -0.05) is 24.1 Å². The average Bonchev–Trinajstić information content (AvgIpc) is 2.75. The van der Waals surface area contributed by atoms with E-state index in [9.17, 15) is 13.2 Å². The zero-order valence-electron chi connectivity index (χ0n) is 16.1. The molecule has 0 atom stereocenters. The summed E-state index contributed by atoms with van der Waals surface area (Å²) in [5.41, 5.74) is 1.11. The fraction of sp³-hybridized carbons (Fsp3) is 0.286. The number of terminal acetylenes is 1. The van der Waals surface area contributed by atoms with Gasteiger partial charge < -0.3 is 14.4 Å². The van der Waals surface area contributed by atoms with Crippen LogP contribution in [0.1, 0.15) is 22.8 Å². The highest BCUT2D eigenvalue weighted by molar-refractivity contribution is 7.89. The maximum Gasteiger partial charge on any atom is 0.254 e. The highest BCUT2D eigenvalue weighted by Crippen LogP contribution is 2.34. The molecule has 1 N–H and O–H groups in total. The number of carbonyl (C=O) groups is 1. The standard InChI is InChI=1S/C21H22N2O5S/c1-3-11-22-29(25,26)18-9-5-7-16(14-18)21(24)23(4-2)15-17-8-6-10-19-20(17)28-13-12-27-19/h1,5-10,14,22H,4,11-13,15H2,2H3. The number of fused-ring (bicyclic) bond motifs is 1. The van der Waals surface area contributed by atoms with Crippen LogP contribution >= 0.6 is 0 Å².